The van der Waals surface area contributed by atoms with Crippen molar-refractivity contribution in [2.45, 2.75) is 45.4 Å². The summed E-state index contributed by atoms with van der Waals surface area (Å²) in [4.78, 5) is 12.7. The van der Waals surface area contributed by atoms with E-state index in [-0.39, 0.29) is 5.43 Å². The maximum Gasteiger partial charge on any atom is 0.196 e. The first-order valence-corrected chi connectivity index (χ1v) is 11.7. The summed E-state index contributed by atoms with van der Waals surface area (Å²) < 4.78 is 17.2. The summed E-state index contributed by atoms with van der Waals surface area (Å²) in [6.07, 6.45) is 7.38. The summed E-state index contributed by atoms with van der Waals surface area (Å²) in [5, 5.41) is 1.66. The number of rotatable bonds is 11. The zero-order valence-corrected chi connectivity index (χ0v) is 19.3. The zero-order chi connectivity index (χ0) is 21.3. The van der Waals surface area contributed by atoms with Crippen LogP contribution in [0.3, 0.4) is 0 Å². The van der Waals surface area contributed by atoms with Gasteiger partial charge in [0, 0.05) is 22.5 Å². The highest BCUT2D eigenvalue weighted by atomic mass is 79.9. The lowest BCUT2D eigenvalue weighted by Gasteiger charge is -2.10. The summed E-state index contributed by atoms with van der Waals surface area (Å²) in [6.45, 7) is 2.52. The van der Waals surface area contributed by atoms with Gasteiger partial charge in [0.25, 0.3) is 0 Å². The molecule has 0 saturated heterocycles. The van der Waals surface area contributed by atoms with E-state index in [0.717, 1.165) is 29.7 Å². The minimum atomic E-state index is -0.0228. The number of halogens is 1. The fourth-order valence-electron chi connectivity index (χ4n) is 3.46. The third-order valence-electron chi connectivity index (χ3n) is 5.24. The minimum Gasteiger partial charge on any atom is -0.497 e. The van der Waals surface area contributed by atoms with Crippen LogP contribution in [-0.4, -0.2) is 19.0 Å². The van der Waals surface area contributed by atoms with Crippen LogP contribution in [0, 0.1) is 6.92 Å². The van der Waals surface area contributed by atoms with E-state index in [9.17, 15) is 4.79 Å². The van der Waals surface area contributed by atoms with Gasteiger partial charge in [0.15, 0.2) is 5.43 Å². The molecule has 0 aliphatic rings. The number of fused-ring (bicyclic) bond motifs is 1. The Hall–Kier alpha value is -2.27. The van der Waals surface area contributed by atoms with Gasteiger partial charge < -0.3 is 13.9 Å². The molecule has 0 radical (unpaired) electrons. The van der Waals surface area contributed by atoms with Gasteiger partial charge in [-0.2, -0.15) is 0 Å². The molecule has 0 N–H and O–H groups in total. The molecule has 0 atom stereocenters. The Bertz CT molecular complexity index is 1010. The van der Waals surface area contributed by atoms with Crippen LogP contribution in [0.2, 0.25) is 0 Å². The van der Waals surface area contributed by atoms with E-state index in [0.29, 0.717) is 28.0 Å². The van der Waals surface area contributed by atoms with Gasteiger partial charge in [0.05, 0.1) is 19.1 Å². The fourth-order valence-corrected chi connectivity index (χ4v) is 3.86. The number of methoxy groups -OCH3 is 1. The van der Waals surface area contributed by atoms with Crippen LogP contribution in [-0.2, 0) is 0 Å². The minimum absolute atomic E-state index is 0.0228. The molecule has 1 heterocycles. The molecule has 160 valence electrons. The second-order valence-corrected chi connectivity index (χ2v) is 8.22. The molecule has 4 nitrogen and oxygen atoms in total. The Morgan fingerprint density at radius 3 is 2.27 bits per heavy atom. The number of ether oxygens (including phenoxy) is 2. The first kappa shape index (κ1) is 22.4. The molecule has 0 aliphatic heterocycles. The molecule has 5 heteroatoms. The summed E-state index contributed by atoms with van der Waals surface area (Å²) in [6, 6.07) is 13.0. The second-order valence-electron chi connectivity index (χ2n) is 7.43. The third kappa shape index (κ3) is 5.66. The van der Waals surface area contributed by atoms with Gasteiger partial charge in [-0.3, -0.25) is 4.79 Å². The van der Waals surface area contributed by atoms with Crippen LogP contribution in [0.1, 0.15) is 44.1 Å². The van der Waals surface area contributed by atoms with Crippen molar-refractivity contribution in [1.82, 2.24) is 0 Å². The lowest BCUT2D eigenvalue weighted by Crippen LogP contribution is -2.07. The van der Waals surface area contributed by atoms with E-state index in [2.05, 4.69) is 15.9 Å². The van der Waals surface area contributed by atoms with Crippen molar-refractivity contribution < 1.29 is 13.9 Å². The van der Waals surface area contributed by atoms with Gasteiger partial charge in [-0.25, -0.2) is 0 Å². The number of benzene rings is 2. The Morgan fingerprint density at radius 1 is 0.900 bits per heavy atom. The van der Waals surface area contributed by atoms with E-state index in [1.807, 2.05) is 24.3 Å². The molecule has 3 aromatic rings. The highest BCUT2D eigenvalue weighted by Gasteiger charge is 2.13. The summed E-state index contributed by atoms with van der Waals surface area (Å²) in [7, 11) is 1.60. The fraction of sp³-hybridized carbons (Fsp3) is 0.400. The lowest BCUT2D eigenvalue weighted by molar-refractivity contribution is 0.304. The monoisotopic (exact) mass is 472 g/mol. The van der Waals surface area contributed by atoms with Crippen molar-refractivity contribution in [3.05, 3.63) is 58.3 Å². The molecule has 30 heavy (non-hydrogen) atoms. The Labute approximate surface area is 186 Å². The quantitative estimate of drug-likeness (QED) is 0.225. The molecular weight excluding hydrogens is 444 g/mol. The highest BCUT2D eigenvalue weighted by Crippen LogP contribution is 2.29. The first-order valence-electron chi connectivity index (χ1n) is 10.5. The molecule has 1 aromatic heterocycles. The predicted octanol–water partition coefficient (Wildman–Crippen LogP) is 6.89. The summed E-state index contributed by atoms with van der Waals surface area (Å²) in [5.41, 5.74) is 1.96. The van der Waals surface area contributed by atoms with Crippen molar-refractivity contribution in [2.24, 2.45) is 0 Å². The molecule has 0 fully saturated rings. The molecule has 0 amide bonds. The van der Waals surface area contributed by atoms with Crippen LogP contribution >= 0.6 is 15.9 Å². The molecule has 2 aromatic carbocycles. The van der Waals surface area contributed by atoms with Crippen molar-refractivity contribution in [1.29, 1.82) is 0 Å². The summed E-state index contributed by atoms with van der Waals surface area (Å²) >= 11 is 3.47. The standard InChI is InChI=1S/C25H29BrO4/c1-18-24(27)22-14-13-21(28-2)17-23(22)30-25(18)19-9-11-20(12-10-19)29-16-8-6-4-3-5-7-15-26/h9-14,17H,3-8,15-16H2,1-2H3. The zero-order valence-electron chi connectivity index (χ0n) is 17.7. The average molecular weight is 473 g/mol. The second kappa shape index (κ2) is 11.2. The van der Waals surface area contributed by atoms with Crippen LogP contribution in [0.25, 0.3) is 22.3 Å². The third-order valence-corrected chi connectivity index (χ3v) is 5.80. The maximum atomic E-state index is 12.7. The van der Waals surface area contributed by atoms with Crippen molar-refractivity contribution in [3.8, 4) is 22.8 Å². The van der Waals surface area contributed by atoms with E-state index in [4.69, 9.17) is 13.9 Å². The number of unbranched alkanes of at least 4 members (excludes halogenated alkanes) is 5. The van der Waals surface area contributed by atoms with Gasteiger partial charge in [-0.1, -0.05) is 41.6 Å². The van der Waals surface area contributed by atoms with Gasteiger partial charge in [-0.15, -0.1) is 0 Å². The molecular formula is C25H29BrO4. The van der Waals surface area contributed by atoms with Crippen LogP contribution in [0.5, 0.6) is 11.5 Å². The topological polar surface area (TPSA) is 48.7 Å². The normalized spacial score (nSPS) is 11.0. The Balaban J connectivity index is 1.64. The van der Waals surface area contributed by atoms with Crippen molar-refractivity contribution in [2.75, 3.05) is 19.0 Å². The SMILES string of the molecule is COc1ccc2c(=O)c(C)c(-c3ccc(OCCCCCCCCBr)cc3)oc2c1. The van der Waals surface area contributed by atoms with Crippen LogP contribution in [0.15, 0.2) is 51.7 Å². The van der Waals surface area contributed by atoms with Gasteiger partial charge >= 0.3 is 0 Å². The Morgan fingerprint density at radius 2 is 1.57 bits per heavy atom. The van der Waals surface area contributed by atoms with E-state index in [1.165, 1.54) is 32.1 Å². The molecule has 0 unspecified atom stereocenters. The van der Waals surface area contributed by atoms with Crippen molar-refractivity contribution >= 4 is 26.9 Å². The van der Waals surface area contributed by atoms with Crippen LogP contribution < -0.4 is 14.9 Å². The molecule has 0 aliphatic carbocycles. The van der Waals surface area contributed by atoms with E-state index < -0.39 is 0 Å². The van der Waals surface area contributed by atoms with Gasteiger partial charge in [-0.05, 0) is 56.2 Å². The molecule has 3 rings (SSSR count). The smallest absolute Gasteiger partial charge is 0.196 e. The van der Waals surface area contributed by atoms with E-state index >= 15 is 0 Å². The number of hydrogen-bond donors (Lipinski definition) is 0. The average Bonchev–Trinajstić information content (AvgIpc) is 2.78. The predicted molar refractivity (Wildman–Crippen MR) is 126 cm³/mol. The lowest BCUT2D eigenvalue weighted by atomic mass is 10.1. The highest BCUT2D eigenvalue weighted by molar-refractivity contribution is 9.09. The van der Waals surface area contributed by atoms with Crippen molar-refractivity contribution in [3.63, 3.8) is 0 Å². The molecule has 0 spiro atoms. The van der Waals surface area contributed by atoms with Gasteiger partial charge in [0.2, 0.25) is 0 Å². The van der Waals surface area contributed by atoms with Crippen LogP contribution in [0.4, 0.5) is 0 Å². The largest absolute Gasteiger partial charge is 0.497 e. The molecule has 0 bridgehead atoms. The number of hydrogen-bond acceptors (Lipinski definition) is 4. The van der Waals surface area contributed by atoms with Gasteiger partial charge in [0.1, 0.15) is 22.8 Å². The maximum absolute atomic E-state index is 12.7. The first-order chi connectivity index (χ1) is 14.6. The Kier molecular flexibility index (Phi) is 8.38. The van der Waals surface area contributed by atoms with E-state index in [1.54, 1.807) is 32.2 Å². The summed E-state index contributed by atoms with van der Waals surface area (Å²) in [5.74, 6) is 2.07. The number of alkyl halides is 1. The molecule has 0 saturated carbocycles.